The average molecular weight is 261 g/mol. The third kappa shape index (κ3) is 3.34. The van der Waals surface area contributed by atoms with Gasteiger partial charge in [-0.05, 0) is 30.7 Å². The number of carboxylic acid groups (broad SMARTS) is 1. The number of hydrogen-bond acceptors (Lipinski definition) is 2. The number of carbonyl (C=O) groups excluding carboxylic acids is 1. The molecule has 0 aromatic heterocycles. The summed E-state index contributed by atoms with van der Waals surface area (Å²) in [5.74, 6) is -0.801. The van der Waals surface area contributed by atoms with Gasteiger partial charge in [-0.1, -0.05) is 37.3 Å². The molecule has 19 heavy (non-hydrogen) atoms. The van der Waals surface area contributed by atoms with E-state index in [1.54, 1.807) is 0 Å². The van der Waals surface area contributed by atoms with Gasteiger partial charge in [-0.25, -0.2) is 4.79 Å². The van der Waals surface area contributed by atoms with Crippen molar-refractivity contribution in [3.8, 4) is 0 Å². The lowest BCUT2D eigenvalue weighted by molar-refractivity contribution is -0.147. The maximum absolute atomic E-state index is 11.4. The van der Waals surface area contributed by atoms with Gasteiger partial charge in [-0.2, -0.15) is 0 Å². The molecule has 0 spiro atoms. The highest BCUT2D eigenvalue weighted by Gasteiger charge is 2.37. The van der Waals surface area contributed by atoms with Crippen molar-refractivity contribution < 1.29 is 14.7 Å². The largest absolute Gasteiger partial charge is 0.480 e. The quantitative estimate of drug-likeness (QED) is 0.766. The average Bonchev–Trinajstić information content (AvgIpc) is 3.23. The Labute approximate surface area is 113 Å². The molecular formula is C15H19NO3. The molecule has 1 saturated carbocycles. The molecule has 1 fully saturated rings. The van der Waals surface area contributed by atoms with Crippen LogP contribution in [-0.4, -0.2) is 34.5 Å². The molecule has 2 atom stereocenters. The number of carboxylic acids is 1. The molecule has 0 aliphatic heterocycles. The predicted molar refractivity (Wildman–Crippen MR) is 71.8 cm³/mol. The number of nitrogens with zero attached hydrogens (tertiary/aromatic N) is 1. The fourth-order valence-electron chi connectivity index (χ4n) is 2.39. The molecule has 1 aromatic carbocycles. The van der Waals surface area contributed by atoms with Gasteiger partial charge in [0.15, 0.2) is 0 Å². The lowest BCUT2D eigenvalue weighted by Crippen LogP contribution is -2.42. The second-order valence-electron chi connectivity index (χ2n) is 5.19. The molecule has 4 nitrogen and oxygen atoms in total. The molecule has 1 aliphatic rings. The van der Waals surface area contributed by atoms with Gasteiger partial charge in [0.1, 0.15) is 6.04 Å². The first-order valence-corrected chi connectivity index (χ1v) is 6.64. The van der Waals surface area contributed by atoms with Gasteiger partial charge < -0.3 is 10.0 Å². The highest BCUT2D eigenvalue weighted by atomic mass is 16.4. The minimum absolute atomic E-state index is 0.114. The molecule has 2 rings (SSSR count). The van der Waals surface area contributed by atoms with Gasteiger partial charge >= 0.3 is 5.97 Å². The zero-order valence-corrected chi connectivity index (χ0v) is 11.0. The first-order chi connectivity index (χ1) is 9.13. The number of aliphatic carboxylic acids is 1. The van der Waals surface area contributed by atoms with E-state index < -0.39 is 12.0 Å². The van der Waals surface area contributed by atoms with Gasteiger partial charge in [0.25, 0.3) is 0 Å². The Bertz CT molecular complexity index is 442. The minimum atomic E-state index is -0.915. The van der Waals surface area contributed by atoms with E-state index in [0.717, 1.165) is 18.4 Å². The van der Waals surface area contributed by atoms with E-state index in [4.69, 9.17) is 0 Å². The van der Waals surface area contributed by atoms with E-state index in [-0.39, 0.29) is 12.0 Å². The summed E-state index contributed by atoms with van der Waals surface area (Å²) in [7, 11) is 0. The Hall–Kier alpha value is -1.84. The molecule has 0 heterocycles. The highest BCUT2D eigenvalue weighted by molar-refractivity contribution is 5.76. The Morgan fingerprint density at radius 1 is 1.42 bits per heavy atom. The zero-order valence-electron chi connectivity index (χ0n) is 11.0. The monoisotopic (exact) mass is 261 g/mol. The fourth-order valence-corrected chi connectivity index (χ4v) is 2.39. The summed E-state index contributed by atoms with van der Waals surface area (Å²) in [6.45, 7) is 2.00. The van der Waals surface area contributed by atoms with Crippen molar-refractivity contribution in [1.29, 1.82) is 0 Å². The summed E-state index contributed by atoms with van der Waals surface area (Å²) in [4.78, 5) is 24.0. The van der Waals surface area contributed by atoms with Gasteiger partial charge in [0.2, 0.25) is 6.41 Å². The van der Waals surface area contributed by atoms with Crippen molar-refractivity contribution in [3.05, 3.63) is 35.9 Å². The number of amides is 1. The van der Waals surface area contributed by atoms with Gasteiger partial charge in [-0.3, -0.25) is 4.79 Å². The van der Waals surface area contributed by atoms with Crippen LogP contribution in [0, 0.1) is 0 Å². The molecule has 4 heteroatoms. The topological polar surface area (TPSA) is 57.6 Å². The van der Waals surface area contributed by atoms with Crippen LogP contribution in [-0.2, 0) is 9.59 Å². The maximum Gasteiger partial charge on any atom is 0.326 e. The minimum Gasteiger partial charge on any atom is -0.480 e. The van der Waals surface area contributed by atoms with Crippen LogP contribution in [0.25, 0.3) is 0 Å². The van der Waals surface area contributed by atoms with Crippen molar-refractivity contribution >= 4 is 12.4 Å². The summed E-state index contributed by atoms with van der Waals surface area (Å²) in [5.41, 5.74) is 1.11. The molecule has 1 N–H and O–H groups in total. The Balaban J connectivity index is 2.08. The Morgan fingerprint density at radius 3 is 2.53 bits per heavy atom. The summed E-state index contributed by atoms with van der Waals surface area (Å²) in [6, 6.07) is 9.21. The van der Waals surface area contributed by atoms with Crippen LogP contribution < -0.4 is 0 Å². The molecule has 102 valence electrons. The third-order valence-corrected chi connectivity index (χ3v) is 3.68. The van der Waals surface area contributed by atoms with Crippen molar-refractivity contribution in [2.45, 2.75) is 44.2 Å². The van der Waals surface area contributed by atoms with E-state index in [9.17, 15) is 14.7 Å². The summed E-state index contributed by atoms with van der Waals surface area (Å²) < 4.78 is 0. The molecule has 1 aromatic rings. The van der Waals surface area contributed by atoms with Gasteiger partial charge in [-0.15, -0.1) is 0 Å². The fraction of sp³-hybridized carbons (Fsp3) is 0.467. The Morgan fingerprint density at radius 2 is 2.05 bits per heavy atom. The molecular weight excluding hydrogens is 242 g/mol. The van der Waals surface area contributed by atoms with E-state index in [0.29, 0.717) is 12.8 Å². The van der Waals surface area contributed by atoms with Crippen molar-refractivity contribution in [1.82, 2.24) is 4.90 Å². The van der Waals surface area contributed by atoms with Crippen molar-refractivity contribution in [3.63, 3.8) is 0 Å². The summed E-state index contributed by atoms with van der Waals surface area (Å²) in [5, 5.41) is 9.35. The lowest BCUT2D eigenvalue weighted by Gasteiger charge is -2.27. The molecule has 0 saturated heterocycles. The number of carbonyl (C=O) groups is 2. The second kappa shape index (κ2) is 5.87. The van der Waals surface area contributed by atoms with Crippen LogP contribution in [0.1, 0.15) is 37.7 Å². The molecule has 1 aliphatic carbocycles. The van der Waals surface area contributed by atoms with E-state index in [2.05, 4.69) is 0 Å². The van der Waals surface area contributed by atoms with Gasteiger partial charge in [0.05, 0.1) is 0 Å². The lowest BCUT2D eigenvalue weighted by atomic mass is 9.93. The van der Waals surface area contributed by atoms with Crippen molar-refractivity contribution in [2.24, 2.45) is 0 Å². The molecule has 2 unspecified atom stereocenters. The van der Waals surface area contributed by atoms with Crippen LogP contribution >= 0.6 is 0 Å². The van der Waals surface area contributed by atoms with E-state index in [1.165, 1.54) is 4.90 Å². The predicted octanol–water partition coefficient (Wildman–Crippen LogP) is 2.25. The van der Waals surface area contributed by atoms with Crippen LogP contribution in [0.5, 0.6) is 0 Å². The van der Waals surface area contributed by atoms with Crippen LogP contribution in [0.2, 0.25) is 0 Å². The van der Waals surface area contributed by atoms with Crippen LogP contribution in [0.15, 0.2) is 30.3 Å². The maximum atomic E-state index is 11.4. The molecule has 0 bridgehead atoms. The molecule has 1 amide bonds. The summed E-state index contributed by atoms with van der Waals surface area (Å²) >= 11 is 0. The standard InChI is InChI=1S/C15H19NO3/c1-11(12-5-3-2-4-6-12)9-14(15(18)19)16(10-17)13-7-8-13/h2-6,10-11,13-14H,7-9H2,1H3,(H,18,19). The number of benzene rings is 1. The Kier molecular flexibility index (Phi) is 4.20. The normalized spacial score (nSPS) is 17.5. The molecule has 0 radical (unpaired) electrons. The van der Waals surface area contributed by atoms with E-state index >= 15 is 0 Å². The third-order valence-electron chi connectivity index (χ3n) is 3.68. The highest BCUT2D eigenvalue weighted by Crippen LogP contribution is 2.31. The van der Waals surface area contributed by atoms with Crippen LogP contribution in [0.4, 0.5) is 0 Å². The second-order valence-corrected chi connectivity index (χ2v) is 5.19. The zero-order chi connectivity index (χ0) is 13.8. The van der Waals surface area contributed by atoms with E-state index in [1.807, 2.05) is 37.3 Å². The van der Waals surface area contributed by atoms with Crippen molar-refractivity contribution in [2.75, 3.05) is 0 Å². The first-order valence-electron chi connectivity index (χ1n) is 6.64. The number of hydrogen-bond donors (Lipinski definition) is 1. The number of rotatable bonds is 7. The SMILES string of the molecule is CC(CC(C(=O)O)N(C=O)C1CC1)c1ccccc1. The smallest absolute Gasteiger partial charge is 0.326 e. The van der Waals surface area contributed by atoms with Crippen LogP contribution in [0.3, 0.4) is 0 Å². The van der Waals surface area contributed by atoms with Gasteiger partial charge in [0, 0.05) is 6.04 Å². The summed E-state index contributed by atoms with van der Waals surface area (Å²) in [6.07, 6.45) is 2.98. The first kappa shape index (κ1) is 13.6.